The third kappa shape index (κ3) is 4.00. The summed E-state index contributed by atoms with van der Waals surface area (Å²) >= 11 is 0. The van der Waals surface area contributed by atoms with Gasteiger partial charge in [0.25, 0.3) is 0 Å². The van der Waals surface area contributed by atoms with Crippen molar-refractivity contribution in [3.63, 3.8) is 0 Å². The molecule has 1 heterocycles. The van der Waals surface area contributed by atoms with Crippen molar-refractivity contribution < 1.29 is 4.74 Å². The normalized spacial score (nSPS) is 17.0. The number of hydrogen-bond acceptors (Lipinski definition) is 3. The predicted molar refractivity (Wildman–Crippen MR) is 69.1 cm³/mol. The lowest BCUT2D eigenvalue weighted by Crippen LogP contribution is -2.20. The maximum Gasteiger partial charge on any atom is 0.213 e. The molecule has 3 nitrogen and oxygen atoms in total. The van der Waals surface area contributed by atoms with Crippen LogP contribution in [0.3, 0.4) is 0 Å². The van der Waals surface area contributed by atoms with Crippen LogP contribution in [0, 0.1) is 0 Å². The minimum Gasteiger partial charge on any atom is -0.474 e. The molecule has 0 aromatic carbocycles. The van der Waals surface area contributed by atoms with Gasteiger partial charge >= 0.3 is 0 Å². The maximum atomic E-state index is 5.88. The first-order valence-corrected chi connectivity index (χ1v) is 6.71. The first-order chi connectivity index (χ1) is 8.38. The number of nitrogens with one attached hydrogen (secondary N) is 1. The second-order valence-electron chi connectivity index (χ2n) is 4.66. The van der Waals surface area contributed by atoms with Crippen molar-refractivity contribution in [2.45, 2.75) is 51.7 Å². The zero-order chi connectivity index (χ0) is 11.9. The van der Waals surface area contributed by atoms with Crippen molar-refractivity contribution in [1.29, 1.82) is 0 Å². The van der Waals surface area contributed by atoms with E-state index in [2.05, 4.69) is 23.3 Å². The van der Waals surface area contributed by atoms with Crippen molar-refractivity contribution in [3.05, 3.63) is 23.9 Å². The summed E-state index contributed by atoms with van der Waals surface area (Å²) in [6.07, 6.45) is 8.60. The summed E-state index contributed by atoms with van der Waals surface area (Å²) in [6, 6.07) is 4.08. The molecule has 0 spiro atoms. The average molecular weight is 234 g/mol. The molecule has 1 aliphatic carbocycles. The van der Waals surface area contributed by atoms with Crippen molar-refractivity contribution >= 4 is 0 Å². The fraction of sp³-hybridized carbons (Fsp3) is 0.643. The second kappa shape index (κ2) is 6.60. The third-order valence-electron chi connectivity index (χ3n) is 3.22. The quantitative estimate of drug-likeness (QED) is 0.850. The van der Waals surface area contributed by atoms with Crippen molar-refractivity contribution in [2.24, 2.45) is 0 Å². The van der Waals surface area contributed by atoms with Crippen molar-refractivity contribution in [1.82, 2.24) is 10.3 Å². The summed E-state index contributed by atoms with van der Waals surface area (Å²) in [5.74, 6) is 0.775. The van der Waals surface area contributed by atoms with Gasteiger partial charge in [-0.1, -0.05) is 19.4 Å². The van der Waals surface area contributed by atoms with E-state index in [0.717, 1.165) is 19.0 Å². The molecule has 0 radical (unpaired) electrons. The standard InChI is InChI=1S/C14H22N2O/c1-2-15-10-12-8-9-14(16-11-12)17-13-6-4-3-5-7-13/h8-9,11,13,15H,2-7,10H2,1H3. The van der Waals surface area contributed by atoms with Crippen LogP contribution in [0.2, 0.25) is 0 Å². The van der Waals surface area contributed by atoms with Crippen LogP contribution in [0.15, 0.2) is 18.3 Å². The van der Waals surface area contributed by atoms with Crippen LogP contribution in [-0.2, 0) is 6.54 Å². The molecular formula is C14H22N2O. The number of aromatic nitrogens is 1. The number of pyridine rings is 1. The molecule has 1 N–H and O–H groups in total. The Balaban J connectivity index is 1.84. The molecule has 0 unspecified atom stereocenters. The van der Waals surface area contributed by atoms with Gasteiger partial charge in [0.15, 0.2) is 0 Å². The zero-order valence-electron chi connectivity index (χ0n) is 10.6. The Kier molecular flexibility index (Phi) is 4.80. The number of ether oxygens (including phenoxy) is 1. The smallest absolute Gasteiger partial charge is 0.213 e. The molecule has 0 amide bonds. The SMILES string of the molecule is CCNCc1ccc(OC2CCCCC2)nc1. The van der Waals surface area contributed by atoms with Gasteiger partial charge in [0.05, 0.1) is 0 Å². The maximum absolute atomic E-state index is 5.88. The van der Waals surface area contributed by atoms with E-state index < -0.39 is 0 Å². The molecule has 94 valence electrons. The lowest BCUT2D eigenvalue weighted by atomic mass is 9.98. The number of hydrogen-bond donors (Lipinski definition) is 1. The summed E-state index contributed by atoms with van der Waals surface area (Å²) < 4.78 is 5.88. The van der Waals surface area contributed by atoms with E-state index in [1.807, 2.05) is 12.3 Å². The third-order valence-corrected chi connectivity index (χ3v) is 3.22. The molecule has 0 bridgehead atoms. The number of nitrogens with zero attached hydrogens (tertiary/aromatic N) is 1. The van der Waals surface area contributed by atoms with Gasteiger partial charge in [0.1, 0.15) is 6.10 Å². The summed E-state index contributed by atoms with van der Waals surface area (Å²) in [5.41, 5.74) is 1.21. The molecule has 0 aliphatic heterocycles. The monoisotopic (exact) mass is 234 g/mol. The molecular weight excluding hydrogens is 212 g/mol. The lowest BCUT2D eigenvalue weighted by Gasteiger charge is -2.22. The molecule has 0 saturated heterocycles. The second-order valence-corrected chi connectivity index (χ2v) is 4.66. The Hall–Kier alpha value is -1.09. The summed E-state index contributed by atoms with van der Waals surface area (Å²) in [4.78, 5) is 4.36. The van der Waals surface area contributed by atoms with Crippen LogP contribution in [0.1, 0.15) is 44.6 Å². The summed E-state index contributed by atoms with van der Waals surface area (Å²) in [7, 11) is 0. The largest absolute Gasteiger partial charge is 0.474 e. The minimum atomic E-state index is 0.385. The van der Waals surface area contributed by atoms with Gasteiger partial charge in [-0.3, -0.25) is 0 Å². The highest BCUT2D eigenvalue weighted by molar-refractivity contribution is 5.17. The van der Waals surface area contributed by atoms with E-state index in [9.17, 15) is 0 Å². The van der Waals surface area contributed by atoms with Gasteiger partial charge in [-0.2, -0.15) is 0 Å². The molecule has 1 fully saturated rings. The fourth-order valence-electron chi connectivity index (χ4n) is 2.21. The molecule has 2 rings (SSSR count). The minimum absolute atomic E-state index is 0.385. The van der Waals surface area contributed by atoms with E-state index in [-0.39, 0.29) is 0 Å². The highest BCUT2D eigenvalue weighted by atomic mass is 16.5. The van der Waals surface area contributed by atoms with Gasteiger partial charge in [-0.15, -0.1) is 0 Å². The Morgan fingerprint density at radius 1 is 1.29 bits per heavy atom. The first-order valence-electron chi connectivity index (χ1n) is 6.71. The van der Waals surface area contributed by atoms with Crippen LogP contribution in [-0.4, -0.2) is 17.6 Å². The Labute approximate surface area is 104 Å². The molecule has 1 aromatic heterocycles. The van der Waals surface area contributed by atoms with Crippen LogP contribution in [0.5, 0.6) is 5.88 Å². The summed E-state index contributed by atoms with van der Waals surface area (Å²) in [6.45, 7) is 3.97. The van der Waals surface area contributed by atoms with Gasteiger partial charge in [-0.05, 0) is 37.8 Å². The Morgan fingerprint density at radius 2 is 2.12 bits per heavy atom. The van der Waals surface area contributed by atoms with Crippen LogP contribution >= 0.6 is 0 Å². The van der Waals surface area contributed by atoms with Crippen molar-refractivity contribution in [2.75, 3.05) is 6.54 Å². The molecule has 1 aromatic rings. The lowest BCUT2D eigenvalue weighted by molar-refractivity contribution is 0.148. The topological polar surface area (TPSA) is 34.1 Å². The van der Waals surface area contributed by atoms with Crippen LogP contribution < -0.4 is 10.1 Å². The Bertz CT molecular complexity index is 317. The zero-order valence-corrected chi connectivity index (χ0v) is 10.6. The van der Waals surface area contributed by atoms with E-state index >= 15 is 0 Å². The molecule has 3 heteroatoms. The van der Waals surface area contributed by atoms with Gasteiger partial charge in [0, 0.05) is 18.8 Å². The first kappa shape index (κ1) is 12.4. The van der Waals surface area contributed by atoms with Gasteiger partial charge in [-0.25, -0.2) is 4.98 Å². The van der Waals surface area contributed by atoms with Crippen LogP contribution in [0.4, 0.5) is 0 Å². The Morgan fingerprint density at radius 3 is 2.76 bits per heavy atom. The van der Waals surface area contributed by atoms with Crippen molar-refractivity contribution in [3.8, 4) is 5.88 Å². The highest BCUT2D eigenvalue weighted by Crippen LogP contribution is 2.22. The molecule has 1 aliphatic rings. The van der Waals surface area contributed by atoms with E-state index in [1.54, 1.807) is 0 Å². The molecule has 1 saturated carbocycles. The highest BCUT2D eigenvalue weighted by Gasteiger charge is 2.14. The predicted octanol–water partition coefficient (Wildman–Crippen LogP) is 2.90. The van der Waals surface area contributed by atoms with Crippen LogP contribution in [0.25, 0.3) is 0 Å². The number of rotatable bonds is 5. The fourth-order valence-corrected chi connectivity index (χ4v) is 2.21. The molecule has 0 atom stereocenters. The van der Waals surface area contributed by atoms with E-state index in [0.29, 0.717) is 6.10 Å². The molecule has 17 heavy (non-hydrogen) atoms. The van der Waals surface area contributed by atoms with Gasteiger partial charge in [0.2, 0.25) is 5.88 Å². The van der Waals surface area contributed by atoms with E-state index in [4.69, 9.17) is 4.74 Å². The van der Waals surface area contributed by atoms with E-state index in [1.165, 1.54) is 37.7 Å². The summed E-state index contributed by atoms with van der Waals surface area (Å²) in [5, 5.41) is 3.28. The average Bonchev–Trinajstić information content (AvgIpc) is 2.39. The van der Waals surface area contributed by atoms with Gasteiger partial charge < -0.3 is 10.1 Å².